The first kappa shape index (κ1) is 11.2. The van der Waals surface area contributed by atoms with Crippen LogP contribution in [0.3, 0.4) is 0 Å². The predicted molar refractivity (Wildman–Crippen MR) is 65.7 cm³/mol. The molecule has 0 aromatic heterocycles. The Morgan fingerprint density at radius 1 is 1.38 bits per heavy atom. The van der Waals surface area contributed by atoms with Crippen molar-refractivity contribution in [1.29, 1.82) is 0 Å². The molecule has 2 rings (SSSR count). The molecule has 2 heteroatoms. The predicted octanol–water partition coefficient (Wildman–Crippen LogP) is 2.82. The van der Waals surface area contributed by atoms with E-state index in [-0.39, 0.29) is 5.92 Å². The highest BCUT2D eigenvalue weighted by atomic mass is 16.3. The molecule has 0 bridgehead atoms. The van der Waals surface area contributed by atoms with Crippen LogP contribution >= 0.6 is 0 Å². The summed E-state index contributed by atoms with van der Waals surface area (Å²) in [6, 6.07) is 7.78. The molecule has 0 saturated carbocycles. The topological polar surface area (TPSA) is 34.3 Å². The third kappa shape index (κ3) is 2.27. The zero-order valence-corrected chi connectivity index (χ0v) is 9.47. The summed E-state index contributed by atoms with van der Waals surface area (Å²) in [5.41, 5.74) is 0.952. The molecule has 0 amide bonds. The molecule has 0 spiro atoms. The number of rotatable bonds is 3. The average Bonchev–Trinajstić information content (AvgIpc) is 2.34. The first-order chi connectivity index (χ1) is 7.83. The van der Waals surface area contributed by atoms with Crippen molar-refractivity contribution in [3.05, 3.63) is 42.5 Å². The van der Waals surface area contributed by atoms with E-state index in [2.05, 4.69) is 11.9 Å². The Hall–Kier alpha value is -1.28. The van der Waals surface area contributed by atoms with Crippen molar-refractivity contribution in [3.8, 4) is 5.75 Å². The summed E-state index contributed by atoms with van der Waals surface area (Å²) < 4.78 is 0. The van der Waals surface area contributed by atoms with E-state index in [4.69, 9.17) is 0 Å². The molecule has 2 unspecified atom stereocenters. The molecule has 1 aromatic rings. The fraction of sp³-hybridized carbons (Fsp3) is 0.429. The van der Waals surface area contributed by atoms with Gasteiger partial charge in [0.05, 0.1) is 0 Å². The number of phenols is 1. The van der Waals surface area contributed by atoms with Crippen LogP contribution in [0.2, 0.25) is 0 Å². The summed E-state index contributed by atoms with van der Waals surface area (Å²) in [5.74, 6) is 0.509. The van der Waals surface area contributed by atoms with Crippen molar-refractivity contribution in [2.24, 2.45) is 0 Å². The van der Waals surface area contributed by atoms with Crippen molar-refractivity contribution in [2.45, 2.75) is 31.2 Å². The maximum absolute atomic E-state index is 9.85. The summed E-state index contributed by atoms with van der Waals surface area (Å²) >= 11 is 0. The lowest BCUT2D eigenvalue weighted by Gasteiger charge is -2.28. The van der Waals surface area contributed by atoms with Gasteiger partial charge in [0.15, 0.2) is 0 Å². The van der Waals surface area contributed by atoms with Gasteiger partial charge < -0.3 is 5.11 Å². The normalized spacial score (nSPS) is 22.6. The Bertz CT molecular complexity index is 356. The Kier molecular flexibility index (Phi) is 3.62. The lowest BCUT2D eigenvalue weighted by atomic mass is 9.86. The zero-order chi connectivity index (χ0) is 11.4. The standard InChI is InChI=1S/C14H18NO/c1-2-11(13-8-5-6-10-15-13)12-7-3-4-9-14(12)16/h2-4,7,9,11,13,16H,1,5-6,8,10H2. The van der Waals surface area contributed by atoms with Gasteiger partial charge in [-0.3, -0.25) is 0 Å². The van der Waals surface area contributed by atoms with Gasteiger partial charge in [0, 0.05) is 24.1 Å². The Morgan fingerprint density at radius 3 is 2.81 bits per heavy atom. The monoisotopic (exact) mass is 216 g/mol. The second kappa shape index (κ2) is 5.17. The number of phenolic OH excluding ortho intramolecular Hbond substituents is 1. The van der Waals surface area contributed by atoms with Crippen LogP contribution in [0.5, 0.6) is 5.75 Å². The van der Waals surface area contributed by atoms with Gasteiger partial charge in [-0.05, 0) is 18.9 Å². The van der Waals surface area contributed by atoms with Gasteiger partial charge >= 0.3 is 0 Å². The molecule has 0 aliphatic carbocycles. The number of para-hydroxylation sites is 1. The number of piperidine rings is 1. The highest BCUT2D eigenvalue weighted by Crippen LogP contribution is 2.32. The smallest absolute Gasteiger partial charge is 0.119 e. The number of hydrogen-bond acceptors (Lipinski definition) is 1. The first-order valence-corrected chi connectivity index (χ1v) is 5.90. The van der Waals surface area contributed by atoms with Crippen molar-refractivity contribution in [2.75, 3.05) is 6.54 Å². The Balaban J connectivity index is 2.21. The van der Waals surface area contributed by atoms with Gasteiger partial charge in [-0.1, -0.05) is 30.7 Å². The van der Waals surface area contributed by atoms with E-state index in [1.54, 1.807) is 6.07 Å². The number of aromatic hydroxyl groups is 1. The van der Waals surface area contributed by atoms with E-state index in [9.17, 15) is 5.11 Å². The molecular formula is C14H18NO. The van der Waals surface area contributed by atoms with E-state index in [0.29, 0.717) is 11.8 Å². The van der Waals surface area contributed by atoms with Crippen LogP contribution in [-0.2, 0) is 0 Å². The van der Waals surface area contributed by atoms with Crippen molar-refractivity contribution < 1.29 is 5.11 Å². The summed E-state index contributed by atoms with van der Waals surface area (Å²) in [6.45, 7) is 4.83. The minimum Gasteiger partial charge on any atom is -0.508 e. The number of hydrogen-bond donors (Lipinski definition) is 1. The maximum Gasteiger partial charge on any atom is 0.119 e. The Labute approximate surface area is 97.0 Å². The number of nitrogens with zero attached hydrogens (tertiary/aromatic N) is 1. The summed E-state index contributed by atoms with van der Waals surface area (Å²) in [5, 5.41) is 14.5. The van der Waals surface area contributed by atoms with Crippen LogP contribution in [0.15, 0.2) is 36.9 Å². The lowest BCUT2D eigenvalue weighted by molar-refractivity contribution is 0.362. The molecule has 2 atom stereocenters. The third-order valence-electron chi connectivity index (χ3n) is 3.24. The maximum atomic E-state index is 9.85. The van der Waals surface area contributed by atoms with Crippen LogP contribution in [0, 0.1) is 0 Å². The zero-order valence-electron chi connectivity index (χ0n) is 9.47. The summed E-state index contributed by atoms with van der Waals surface area (Å²) in [4.78, 5) is 0. The molecule has 1 heterocycles. The highest BCUT2D eigenvalue weighted by molar-refractivity contribution is 5.38. The van der Waals surface area contributed by atoms with E-state index in [1.165, 1.54) is 12.8 Å². The van der Waals surface area contributed by atoms with Crippen molar-refractivity contribution in [3.63, 3.8) is 0 Å². The fourth-order valence-electron chi connectivity index (χ4n) is 2.37. The third-order valence-corrected chi connectivity index (χ3v) is 3.24. The molecule has 1 aliphatic rings. The molecule has 1 fully saturated rings. The van der Waals surface area contributed by atoms with E-state index < -0.39 is 0 Å². The quantitative estimate of drug-likeness (QED) is 0.775. The second-order valence-electron chi connectivity index (χ2n) is 4.29. The molecule has 85 valence electrons. The lowest BCUT2D eigenvalue weighted by Crippen LogP contribution is -2.32. The molecule has 1 radical (unpaired) electrons. The minimum atomic E-state index is 0.154. The molecule has 1 saturated heterocycles. The van der Waals surface area contributed by atoms with Gasteiger partial charge in [0.25, 0.3) is 0 Å². The average molecular weight is 216 g/mol. The van der Waals surface area contributed by atoms with Crippen LogP contribution in [0.4, 0.5) is 0 Å². The van der Waals surface area contributed by atoms with Crippen LogP contribution in [0.1, 0.15) is 30.7 Å². The van der Waals surface area contributed by atoms with Crippen LogP contribution in [0.25, 0.3) is 0 Å². The van der Waals surface area contributed by atoms with Gasteiger partial charge in [-0.15, -0.1) is 6.58 Å². The summed E-state index contributed by atoms with van der Waals surface area (Å²) in [6.07, 6.45) is 5.44. The molecule has 2 nitrogen and oxygen atoms in total. The largest absolute Gasteiger partial charge is 0.508 e. The van der Waals surface area contributed by atoms with Crippen molar-refractivity contribution in [1.82, 2.24) is 5.32 Å². The van der Waals surface area contributed by atoms with E-state index in [0.717, 1.165) is 18.5 Å². The molecule has 1 aromatic carbocycles. The van der Waals surface area contributed by atoms with Crippen molar-refractivity contribution >= 4 is 0 Å². The highest BCUT2D eigenvalue weighted by Gasteiger charge is 2.24. The van der Waals surface area contributed by atoms with Crippen LogP contribution in [-0.4, -0.2) is 17.7 Å². The van der Waals surface area contributed by atoms with Gasteiger partial charge in [0.2, 0.25) is 0 Å². The second-order valence-corrected chi connectivity index (χ2v) is 4.29. The summed E-state index contributed by atoms with van der Waals surface area (Å²) in [7, 11) is 0. The van der Waals surface area contributed by atoms with Crippen LogP contribution < -0.4 is 5.32 Å². The molecular weight excluding hydrogens is 198 g/mol. The minimum absolute atomic E-state index is 0.154. The van der Waals surface area contributed by atoms with Gasteiger partial charge in [-0.25, -0.2) is 5.32 Å². The number of benzene rings is 1. The molecule has 1 N–H and O–H groups in total. The fourth-order valence-corrected chi connectivity index (χ4v) is 2.37. The Morgan fingerprint density at radius 2 is 2.19 bits per heavy atom. The van der Waals surface area contributed by atoms with Gasteiger partial charge in [-0.2, -0.15) is 0 Å². The SMILES string of the molecule is C=CC(c1ccccc1O)C1CCCC[N]1. The van der Waals surface area contributed by atoms with Gasteiger partial charge in [0.1, 0.15) is 5.75 Å². The van der Waals surface area contributed by atoms with E-state index in [1.807, 2.05) is 24.3 Å². The molecule has 16 heavy (non-hydrogen) atoms. The molecule has 1 aliphatic heterocycles. The first-order valence-electron chi connectivity index (χ1n) is 5.90. The van der Waals surface area contributed by atoms with E-state index >= 15 is 0 Å².